The first-order valence-corrected chi connectivity index (χ1v) is 6.12. The highest BCUT2D eigenvalue weighted by atomic mass is 79.9. The van der Waals surface area contributed by atoms with Gasteiger partial charge in [-0.1, -0.05) is 28.1 Å². The van der Waals surface area contributed by atoms with Crippen molar-refractivity contribution in [2.45, 2.75) is 24.8 Å². The summed E-state index contributed by atoms with van der Waals surface area (Å²) >= 11 is 3.62. The third-order valence-electron chi connectivity index (χ3n) is 3.44. The van der Waals surface area contributed by atoms with E-state index in [0.29, 0.717) is 0 Å². The Labute approximate surface area is 97.9 Å². The normalized spacial score (nSPS) is 27.8. The standard InChI is InChI=1S/C12H13BrN2/c13-11-3-1-2-9-6-12(5-4-10(9)11)7-14-8-15-12/h1-3,8H,4-7H2,(H,14,15). The maximum absolute atomic E-state index is 4.60. The number of halogens is 1. The average molecular weight is 265 g/mol. The molecule has 1 heterocycles. The zero-order valence-corrected chi connectivity index (χ0v) is 10.0. The summed E-state index contributed by atoms with van der Waals surface area (Å²) in [5, 5.41) is 3.22. The fraction of sp³-hybridized carbons (Fsp3) is 0.417. The van der Waals surface area contributed by atoms with Gasteiger partial charge in [0.05, 0.1) is 11.9 Å². The second kappa shape index (κ2) is 3.34. The quantitative estimate of drug-likeness (QED) is 0.764. The van der Waals surface area contributed by atoms with Gasteiger partial charge in [-0.2, -0.15) is 0 Å². The van der Waals surface area contributed by atoms with Gasteiger partial charge in [-0.25, -0.2) is 0 Å². The molecular formula is C12H13BrN2. The Hall–Kier alpha value is -0.830. The molecular weight excluding hydrogens is 252 g/mol. The largest absolute Gasteiger partial charge is 0.374 e. The van der Waals surface area contributed by atoms with Crippen LogP contribution in [0.1, 0.15) is 17.5 Å². The first-order valence-electron chi connectivity index (χ1n) is 5.32. The molecule has 1 N–H and O–H groups in total. The van der Waals surface area contributed by atoms with E-state index < -0.39 is 0 Å². The molecule has 0 fully saturated rings. The van der Waals surface area contributed by atoms with Crippen LogP contribution in [0.25, 0.3) is 0 Å². The number of benzene rings is 1. The lowest BCUT2D eigenvalue weighted by atomic mass is 9.79. The first kappa shape index (κ1) is 9.40. The zero-order valence-electron chi connectivity index (χ0n) is 8.46. The summed E-state index contributed by atoms with van der Waals surface area (Å²) in [7, 11) is 0. The predicted octanol–water partition coefficient (Wildman–Crippen LogP) is 2.31. The lowest BCUT2D eigenvalue weighted by molar-refractivity contribution is 0.394. The SMILES string of the molecule is Brc1cccc2c1CCC1(CNC=N1)C2. The van der Waals surface area contributed by atoms with Crippen LogP contribution in [0, 0.1) is 0 Å². The van der Waals surface area contributed by atoms with Crippen molar-refractivity contribution in [3.05, 3.63) is 33.8 Å². The molecule has 78 valence electrons. The van der Waals surface area contributed by atoms with Crippen LogP contribution < -0.4 is 5.32 Å². The maximum Gasteiger partial charge on any atom is 0.0840 e. The van der Waals surface area contributed by atoms with Crippen molar-refractivity contribution < 1.29 is 0 Å². The molecule has 0 saturated carbocycles. The van der Waals surface area contributed by atoms with Crippen molar-refractivity contribution in [3.8, 4) is 0 Å². The van der Waals surface area contributed by atoms with Crippen molar-refractivity contribution in [3.63, 3.8) is 0 Å². The lowest BCUT2D eigenvalue weighted by Gasteiger charge is -2.31. The van der Waals surface area contributed by atoms with Gasteiger partial charge in [-0.05, 0) is 36.5 Å². The molecule has 0 bridgehead atoms. The van der Waals surface area contributed by atoms with Gasteiger partial charge in [0, 0.05) is 11.0 Å². The Morgan fingerprint density at radius 2 is 2.33 bits per heavy atom. The van der Waals surface area contributed by atoms with Gasteiger partial charge < -0.3 is 5.32 Å². The van der Waals surface area contributed by atoms with E-state index in [1.54, 1.807) is 0 Å². The van der Waals surface area contributed by atoms with Gasteiger partial charge in [0.25, 0.3) is 0 Å². The van der Waals surface area contributed by atoms with Crippen LogP contribution in [-0.2, 0) is 12.8 Å². The molecule has 0 saturated heterocycles. The Bertz CT molecular complexity index is 428. The minimum absolute atomic E-state index is 0.147. The highest BCUT2D eigenvalue weighted by Crippen LogP contribution is 2.35. The molecule has 1 unspecified atom stereocenters. The summed E-state index contributed by atoms with van der Waals surface area (Å²) in [6.45, 7) is 0.999. The molecule has 0 amide bonds. The van der Waals surface area contributed by atoms with E-state index in [1.165, 1.54) is 15.6 Å². The van der Waals surface area contributed by atoms with E-state index in [2.05, 4.69) is 44.4 Å². The molecule has 2 aliphatic rings. The van der Waals surface area contributed by atoms with E-state index in [0.717, 1.165) is 25.8 Å². The smallest absolute Gasteiger partial charge is 0.0840 e. The maximum atomic E-state index is 4.60. The monoisotopic (exact) mass is 264 g/mol. The van der Waals surface area contributed by atoms with Crippen LogP contribution in [0.3, 0.4) is 0 Å². The molecule has 3 heteroatoms. The molecule has 0 aromatic heterocycles. The third kappa shape index (κ3) is 1.49. The van der Waals surface area contributed by atoms with Crippen LogP contribution in [-0.4, -0.2) is 18.4 Å². The third-order valence-corrected chi connectivity index (χ3v) is 4.18. The van der Waals surface area contributed by atoms with Gasteiger partial charge in [0.1, 0.15) is 0 Å². The van der Waals surface area contributed by atoms with Gasteiger partial charge in [-0.15, -0.1) is 0 Å². The second-order valence-electron chi connectivity index (χ2n) is 4.42. The number of nitrogens with zero attached hydrogens (tertiary/aromatic N) is 1. The van der Waals surface area contributed by atoms with Crippen molar-refractivity contribution in [1.82, 2.24) is 5.32 Å². The molecule has 1 aliphatic heterocycles. The average Bonchev–Trinajstić information content (AvgIpc) is 2.66. The Morgan fingerprint density at radius 3 is 3.13 bits per heavy atom. The topological polar surface area (TPSA) is 24.4 Å². The molecule has 1 aromatic rings. The molecule has 1 aliphatic carbocycles. The van der Waals surface area contributed by atoms with Crippen LogP contribution >= 0.6 is 15.9 Å². The number of hydrogen-bond acceptors (Lipinski definition) is 2. The lowest BCUT2D eigenvalue weighted by Crippen LogP contribution is -2.38. The summed E-state index contributed by atoms with van der Waals surface area (Å²) in [6, 6.07) is 6.48. The van der Waals surface area contributed by atoms with Crippen molar-refractivity contribution >= 4 is 22.3 Å². The summed E-state index contributed by atoms with van der Waals surface area (Å²) < 4.78 is 1.25. The number of hydrogen-bond donors (Lipinski definition) is 1. The van der Waals surface area contributed by atoms with E-state index in [-0.39, 0.29) is 5.54 Å². The molecule has 3 rings (SSSR count). The van der Waals surface area contributed by atoms with Crippen LogP contribution in [0.5, 0.6) is 0 Å². The first-order chi connectivity index (χ1) is 7.29. The van der Waals surface area contributed by atoms with Gasteiger partial charge >= 0.3 is 0 Å². The molecule has 2 nitrogen and oxygen atoms in total. The highest BCUT2D eigenvalue weighted by molar-refractivity contribution is 9.10. The summed E-state index contributed by atoms with van der Waals surface area (Å²) in [4.78, 5) is 4.60. The molecule has 1 spiro atoms. The summed E-state index contributed by atoms with van der Waals surface area (Å²) in [6.07, 6.45) is 5.23. The van der Waals surface area contributed by atoms with Crippen LogP contribution in [0.2, 0.25) is 0 Å². The van der Waals surface area contributed by atoms with Crippen molar-refractivity contribution in [1.29, 1.82) is 0 Å². The molecule has 1 atom stereocenters. The highest BCUT2D eigenvalue weighted by Gasteiger charge is 2.35. The van der Waals surface area contributed by atoms with E-state index >= 15 is 0 Å². The van der Waals surface area contributed by atoms with Gasteiger partial charge in [0.15, 0.2) is 0 Å². The van der Waals surface area contributed by atoms with Gasteiger partial charge in [0.2, 0.25) is 0 Å². The van der Waals surface area contributed by atoms with Crippen molar-refractivity contribution in [2.75, 3.05) is 6.54 Å². The predicted molar refractivity (Wildman–Crippen MR) is 65.4 cm³/mol. The van der Waals surface area contributed by atoms with E-state index in [4.69, 9.17) is 0 Å². The summed E-state index contributed by atoms with van der Waals surface area (Å²) in [5.41, 5.74) is 3.08. The Kier molecular flexibility index (Phi) is 2.09. The number of fused-ring (bicyclic) bond motifs is 1. The fourth-order valence-electron chi connectivity index (χ4n) is 2.57. The summed E-state index contributed by atoms with van der Waals surface area (Å²) in [5.74, 6) is 0. The minimum atomic E-state index is 0.147. The van der Waals surface area contributed by atoms with Crippen molar-refractivity contribution in [2.24, 2.45) is 4.99 Å². The van der Waals surface area contributed by atoms with Gasteiger partial charge in [-0.3, -0.25) is 4.99 Å². The minimum Gasteiger partial charge on any atom is -0.374 e. The molecule has 1 aromatic carbocycles. The molecule has 15 heavy (non-hydrogen) atoms. The molecule has 0 radical (unpaired) electrons. The number of nitrogens with one attached hydrogen (secondary N) is 1. The van der Waals surface area contributed by atoms with Crippen LogP contribution in [0.15, 0.2) is 27.7 Å². The number of rotatable bonds is 0. The van der Waals surface area contributed by atoms with E-state index in [1.807, 2.05) is 6.34 Å². The van der Waals surface area contributed by atoms with Crippen LogP contribution in [0.4, 0.5) is 0 Å². The second-order valence-corrected chi connectivity index (χ2v) is 5.27. The Balaban J connectivity index is 2.00. The fourth-order valence-corrected chi connectivity index (χ4v) is 3.18. The Morgan fingerprint density at radius 1 is 1.40 bits per heavy atom. The van der Waals surface area contributed by atoms with E-state index in [9.17, 15) is 0 Å². The zero-order chi connectivity index (χ0) is 10.3. The number of aliphatic imine (C=N–C) groups is 1.